The number of hydrogen-bond acceptors (Lipinski definition) is 8. The molecule has 1 aliphatic rings. The fraction of sp³-hybridized carbons (Fsp3) is 0.412. The molecule has 4 rings (SSSR count). The molecule has 0 saturated carbocycles. The first-order valence-electron chi connectivity index (χ1n) is 8.63. The Labute approximate surface area is 159 Å². The second-order valence-electron chi connectivity index (χ2n) is 6.19. The molecule has 0 spiro atoms. The Kier molecular flexibility index (Phi) is 5.26. The topological polar surface area (TPSA) is 108 Å². The monoisotopic (exact) mass is 389 g/mol. The Bertz CT molecular complexity index is 898. The van der Waals surface area contributed by atoms with Gasteiger partial charge in [-0.1, -0.05) is 16.9 Å². The van der Waals surface area contributed by atoms with Crippen molar-refractivity contribution in [1.82, 2.24) is 19.9 Å². The lowest BCUT2D eigenvalue weighted by Gasteiger charge is -2.13. The molecular weight excluding hydrogens is 370 g/mol. The van der Waals surface area contributed by atoms with Crippen molar-refractivity contribution in [2.24, 2.45) is 0 Å². The molecule has 27 heavy (non-hydrogen) atoms. The van der Waals surface area contributed by atoms with Crippen LogP contribution in [0.2, 0.25) is 0 Å². The maximum absolute atomic E-state index is 12.2. The van der Waals surface area contributed by atoms with Crippen molar-refractivity contribution in [2.75, 3.05) is 17.7 Å². The molecule has 1 amide bonds. The predicted octanol–water partition coefficient (Wildman–Crippen LogP) is 2.74. The minimum Gasteiger partial charge on any atom is -0.461 e. The van der Waals surface area contributed by atoms with Crippen LogP contribution in [0.1, 0.15) is 18.6 Å². The summed E-state index contributed by atoms with van der Waals surface area (Å²) in [4.78, 5) is 12.2. The number of anilines is 1. The summed E-state index contributed by atoms with van der Waals surface area (Å²) < 4.78 is 18.1. The number of amides is 1. The van der Waals surface area contributed by atoms with Crippen LogP contribution in [0.5, 0.6) is 0 Å². The summed E-state index contributed by atoms with van der Waals surface area (Å²) in [7, 11) is 0. The fourth-order valence-electron chi connectivity index (χ4n) is 2.87. The van der Waals surface area contributed by atoms with Crippen molar-refractivity contribution in [1.29, 1.82) is 0 Å². The molecule has 142 valence electrons. The van der Waals surface area contributed by atoms with Gasteiger partial charge < -0.3 is 19.0 Å². The standard InChI is InChI=1S/C17H19N5O4S/c1-11-8-14(21-26-11)18-15(23)10-27-17-20-19-16(13-5-3-7-25-13)22(17)9-12-4-2-6-24-12/h3,5,7-8,12H,2,4,6,9-10H2,1H3,(H,18,21,23)/t12-/m0/s1. The first-order valence-corrected chi connectivity index (χ1v) is 9.62. The van der Waals surface area contributed by atoms with Crippen molar-refractivity contribution in [3.05, 3.63) is 30.2 Å². The molecule has 0 unspecified atom stereocenters. The SMILES string of the molecule is Cc1cc(NC(=O)CSc2nnc(-c3ccco3)n2C[C@@H]2CCCO2)no1. The molecule has 3 aromatic heterocycles. The number of aryl methyl sites for hydroxylation is 1. The second-order valence-corrected chi connectivity index (χ2v) is 7.13. The Morgan fingerprint density at radius 2 is 2.37 bits per heavy atom. The van der Waals surface area contributed by atoms with E-state index < -0.39 is 0 Å². The average molecular weight is 389 g/mol. The number of furan rings is 1. The normalized spacial score (nSPS) is 16.7. The zero-order valence-corrected chi connectivity index (χ0v) is 15.6. The largest absolute Gasteiger partial charge is 0.461 e. The first-order chi connectivity index (χ1) is 13.2. The van der Waals surface area contributed by atoms with Crippen molar-refractivity contribution in [2.45, 2.75) is 37.6 Å². The lowest BCUT2D eigenvalue weighted by molar-refractivity contribution is -0.113. The Morgan fingerprint density at radius 3 is 3.07 bits per heavy atom. The van der Waals surface area contributed by atoms with E-state index in [0.717, 1.165) is 19.4 Å². The van der Waals surface area contributed by atoms with Gasteiger partial charge in [-0.2, -0.15) is 0 Å². The van der Waals surface area contributed by atoms with Gasteiger partial charge in [0.25, 0.3) is 0 Å². The van der Waals surface area contributed by atoms with Crippen LogP contribution in [0.15, 0.2) is 38.6 Å². The zero-order valence-electron chi connectivity index (χ0n) is 14.8. The number of carbonyl (C=O) groups is 1. The van der Waals surface area contributed by atoms with Crippen LogP contribution in [-0.4, -0.2) is 44.3 Å². The van der Waals surface area contributed by atoms with Gasteiger partial charge in [-0.15, -0.1) is 10.2 Å². The van der Waals surface area contributed by atoms with E-state index in [1.165, 1.54) is 11.8 Å². The molecule has 1 saturated heterocycles. The van der Waals surface area contributed by atoms with E-state index in [1.807, 2.05) is 10.6 Å². The molecule has 0 aromatic carbocycles. The lowest BCUT2D eigenvalue weighted by Crippen LogP contribution is -2.18. The van der Waals surface area contributed by atoms with Crippen LogP contribution in [0.4, 0.5) is 5.82 Å². The molecule has 4 heterocycles. The third-order valence-corrected chi connectivity index (χ3v) is 5.06. The third-order valence-electron chi connectivity index (χ3n) is 4.10. The van der Waals surface area contributed by atoms with Crippen LogP contribution < -0.4 is 5.32 Å². The van der Waals surface area contributed by atoms with E-state index >= 15 is 0 Å². The Morgan fingerprint density at radius 1 is 1.44 bits per heavy atom. The fourth-order valence-corrected chi connectivity index (χ4v) is 3.62. The van der Waals surface area contributed by atoms with Crippen LogP contribution in [0.3, 0.4) is 0 Å². The molecule has 9 nitrogen and oxygen atoms in total. The molecule has 0 aliphatic carbocycles. The van der Waals surface area contributed by atoms with E-state index in [-0.39, 0.29) is 17.8 Å². The smallest absolute Gasteiger partial charge is 0.236 e. The van der Waals surface area contributed by atoms with E-state index in [0.29, 0.717) is 34.9 Å². The zero-order chi connectivity index (χ0) is 18.6. The van der Waals surface area contributed by atoms with Crippen molar-refractivity contribution < 1.29 is 18.5 Å². The number of ether oxygens (including phenoxy) is 1. The van der Waals surface area contributed by atoms with Crippen LogP contribution >= 0.6 is 11.8 Å². The summed E-state index contributed by atoms with van der Waals surface area (Å²) in [6, 6.07) is 5.31. The Hall–Kier alpha value is -2.59. The van der Waals surface area contributed by atoms with Gasteiger partial charge in [-0.25, -0.2) is 0 Å². The van der Waals surface area contributed by atoms with Gasteiger partial charge in [0, 0.05) is 12.7 Å². The summed E-state index contributed by atoms with van der Waals surface area (Å²) in [6.07, 6.45) is 3.75. The van der Waals surface area contributed by atoms with E-state index in [9.17, 15) is 4.79 Å². The number of aromatic nitrogens is 4. The van der Waals surface area contributed by atoms with Crippen LogP contribution in [0.25, 0.3) is 11.6 Å². The van der Waals surface area contributed by atoms with Gasteiger partial charge in [0.05, 0.1) is 24.7 Å². The minimum atomic E-state index is -0.195. The molecule has 1 N–H and O–H groups in total. The molecule has 0 radical (unpaired) electrons. The maximum Gasteiger partial charge on any atom is 0.236 e. The summed E-state index contributed by atoms with van der Waals surface area (Å²) in [5, 5.41) is 15.6. The Balaban J connectivity index is 1.47. The van der Waals surface area contributed by atoms with Crippen molar-refractivity contribution >= 4 is 23.5 Å². The van der Waals surface area contributed by atoms with Crippen molar-refractivity contribution in [3.8, 4) is 11.6 Å². The quantitative estimate of drug-likeness (QED) is 0.615. The first kappa shape index (κ1) is 17.8. The molecule has 1 aliphatic heterocycles. The highest BCUT2D eigenvalue weighted by Gasteiger charge is 2.23. The predicted molar refractivity (Wildman–Crippen MR) is 97.3 cm³/mol. The number of carbonyl (C=O) groups excluding carboxylic acids is 1. The minimum absolute atomic E-state index is 0.112. The van der Waals surface area contributed by atoms with Crippen molar-refractivity contribution in [3.63, 3.8) is 0 Å². The lowest BCUT2D eigenvalue weighted by atomic mass is 10.2. The highest BCUT2D eigenvalue weighted by Crippen LogP contribution is 2.27. The molecule has 10 heteroatoms. The van der Waals surface area contributed by atoms with E-state index in [2.05, 4.69) is 20.7 Å². The second kappa shape index (κ2) is 7.97. The number of rotatable bonds is 7. The number of hydrogen-bond donors (Lipinski definition) is 1. The van der Waals surface area contributed by atoms with Crippen LogP contribution in [-0.2, 0) is 16.1 Å². The summed E-state index contributed by atoms with van der Waals surface area (Å²) in [5.74, 6) is 2.28. The van der Waals surface area contributed by atoms with Gasteiger partial charge in [-0.05, 0) is 31.9 Å². The van der Waals surface area contributed by atoms with Gasteiger partial charge >= 0.3 is 0 Å². The number of thioether (sulfide) groups is 1. The molecule has 3 aromatic rings. The molecule has 0 bridgehead atoms. The highest BCUT2D eigenvalue weighted by atomic mass is 32.2. The van der Waals surface area contributed by atoms with Gasteiger partial charge in [0.15, 0.2) is 16.7 Å². The molecule has 1 fully saturated rings. The third kappa shape index (κ3) is 4.22. The van der Waals surface area contributed by atoms with Gasteiger partial charge in [0.2, 0.25) is 11.7 Å². The van der Waals surface area contributed by atoms with Crippen LogP contribution in [0, 0.1) is 6.92 Å². The average Bonchev–Trinajstić information content (AvgIpc) is 3.42. The molecule has 1 atom stereocenters. The summed E-state index contributed by atoms with van der Waals surface area (Å²) in [6.45, 7) is 3.15. The molecular formula is C17H19N5O4S. The number of nitrogens with one attached hydrogen (secondary N) is 1. The summed E-state index contributed by atoms with van der Waals surface area (Å²) >= 11 is 1.30. The van der Waals surface area contributed by atoms with E-state index in [1.54, 1.807) is 25.3 Å². The summed E-state index contributed by atoms with van der Waals surface area (Å²) in [5.41, 5.74) is 0. The number of nitrogens with zero attached hydrogens (tertiary/aromatic N) is 4. The maximum atomic E-state index is 12.2. The highest BCUT2D eigenvalue weighted by molar-refractivity contribution is 7.99. The van der Waals surface area contributed by atoms with E-state index in [4.69, 9.17) is 13.7 Å². The van der Waals surface area contributed by atoms with Gasteiger partial charge in [0.1, 0.15) is 5.76 Å². The van der Waals surface area contributed by atoms with Gasteiger partial charge in [-0.3, -0.25) is 9.36 Å².